The standard InChI is InChI=1S/C11H13ClN2O3S/c12-8-3-4-13-10(6-8)11(15)14-7-9-2-1-5-18(9,16)17/h3-4,6,9H,1-2,5,7H2,(H,14,15). The fourth-order valence-corrected chi connectivity index (χ4v) is 3.84. The van der Waals surface area contributed by atoms with Crippen molar-refractivity contribution in [1.29, 1.82) is 0 Å². The molecule has 1 N–H and O–H groups in total. The first kappa shape index (κ1) is 13.3. The van der Waals surface area contributed by atoms with Crippen molar-refractivity contribution >= 4 is 27.3 Å². The van der Waals surface area contributed by atoms with Crippen molar-refractivity contribution in [2.75, 3.05) is 12.3 Å². The summed E-state index contributed by atoms with van der Waals surface area (Å²) in [6, 6.07) is 3.01. The Morgan fingerprint density at radius 2 is 2.33 bits per heavy atom. The maximum absolute atomic E-state index is 11.7. The molecule has 18 heavy (non-hydrogen) atoms. The topological polar surface area (TPSA) is 76.1 Å². The molecule has 1 aromatic heterocycles. The molecule has 0 aliphatic carbocycles. The lowest BCUT2D eigenvalue weighted by Crippen LogP contribution is -2.34. The third kappa shape index (κ3) is 3.00. The summed E-state index contributed by atoms with van der Waals surface area (Å²) in [5, 5.41) is 2.53. The van der Waals surface area contributed by atoms with Gasteiger partial charge in [0.1, 0.15) is 5.69 Å². The molecule has 0 spiro atoms. The van der Waals surface area contributed by atoms with E-state index in [0.29, 0.717) is 17.9 Å². The summed E-state index contributed by atoms with van der Waals surface area (Å²) in [5.41, 5.74) is 0.192. The van der Waals surface area contributed by atoms with Gasteiger partial charge >= 0.3 is 0 Å². The summed E-state index contributed by atoms with van der Waals surface area (Å²) in [6.07, 6.45) is 2.70. The van der Waals surface area contributed by atoms with E-state index in [4.69, 9.17) is 11.6 Å². The predicted molar refractivity (Wildman–Crippen MR) is 68.4 cm³/mol. The molecule has 2 heterocycles. The van der Waals surface area contributed by atoms with E-state index in [1.165, 1.54) is 12.3 Å². The summed E-state index contributed by atoms with van der Waals surface area (Å²) in [4.78, 5) is 15.6. The second-order valence-corrected chi connectivity index (χ2v) is 7.04. The van der Waals surface area contributed by atoms with Crippen LogP contribution in [0.4, 0.5) is 0 Å². The maximum Gasteiger partial charge on any atom is 0.269 e. The first-order valence-electron chi connectivity index (χ1n) is 5.60. The van der Waals surface area contributed by atoms with Crippen LogP contribution in [-0.4, -0.2) is 36.9 Å². The van der Waals surface area contributed by atoms with Crippen LogP contribution in [-0.2, 0) is 9.84 Å². The van der Waals surface area contributed by atoms with E-state index in [1.807, 2.05) is 0 Å². The van der Waals surface area contributed by atoms with E-state index in [0.717, 1.165) is 0 Å². The van der Waals surface area contributed by atoms with Gasteiger partial charge in [0.15, 0.2) is 9.84 Å². The largest absolute Gasteiger partial charge is 0.349 e. The number of nitrogens with zero attached hydrogens (tertiary/aromatic N) is 1. The van der Waals surface area contributed by atoms with E-state index >= 15 is 0 Å². The molecule has 1 fully saturated rings. The highest BCUT2D eigenvalue weighted by Crippen LogP contribution is 2.19. The van der Waals surface area contributed by atoms with Crippen molar-refractivity contribution in [3.8, 4) is 0 Å². The molecule has 1 amide bonds. The van der Waals surface area contributed by atoms with Crippen molar-refractivity contribution in [3.63, 3.8) is 0 Å². The Morgan fingerprint density at radius 3 is 2.94 bits per heavy atom. The van der Waals surface area contributed by atoms with Crippen molar-refractivity contribution in [3.05, 3.63) is 29.0 Å². The first-order chi connectivity index (χ1) is 8.49. The van der Waals surface area contributed by atoms with Crippen molar-refractivity contribution in [1.82, 2.24) is 10.3 Å². The highest BCUT2D eigenvalue weighted by atomic mass is 35.5. The minimum absolute atomic E-state index is 0.134. The van der Waals surface area contributed by atoms with Gasteiger partial charge in [-0.25, -0.2) is 8.42 Å². The zero-order valence-corrected chi connectivity index (χ0v) is 11.2. The summed E-state index contributed by atoms with van der Waals surface area (Å²) >= 11 is 5.75. The fourth-order valence-electron chi connectivity index (χ4n) is 1.91. The third-order valence-electron chi connectivity index (χ3n) is 2.91. The molecule has 1 aliphatic heterocycles. The van der Waals surface area contributed by atoms with Gasteiger partial charge in [0.05, 0.1) is 11.0 Å². The lowest BCUT2D eigenvalue weighted by molar-refractivity contribution is 0.0948. The zero-order chi connectivity index (χ0) is 13.2. The highest BCUT2D eigenvalue weighted by molar-refractivity contribution is 7.92. The molecule has 1 atom stereocenters. The highest BCUT2D eigenvalue weighted by Gasteiger charge is 2.31. The van der Waals surface area contributed by atoms with Crippen molar-refractivity contribution < 1.29 is 13.2 Å². The Balaban J connectivity index is 1.97. The number of sulfone groups is 1. The molecular formula is C11H13ClN2O3S. The minimum Gasteiger partial charge on any atom is -0.349 e. The molecule has 1 unspecified atom stereocenters. The van der Waals surface area contributed by atoms with Gasteiger partial charge < -0.3 is 5.32 Å². The van der Waals surface area contributed by atoms with Gasteiger partial charge in [0, 0.05) is 17.8 Å². The Hall–Kier alpha value is -1.14. The number of rotatable bonds is 3. The summed E-state index contributed by atoms with van der Waals surface area (Å²) < 4.78 is 23.2. The van der Waals surface area contributed by atoms with Crippen LogP contribution in [0.2, 0.25) is 5.02 Å². The molecular weight excluding hydrogens is 276 g/mol. The molecule has 5 nitrogen and oxygen atoms in total. The van der Waals surface area contributed by atoms with E-state index in [1.54, 1.807) is 6.07 Å². The number of hydrogen-bond acceptors (Lipinski definition) is 4. The smallest absolute Gasteiger partial charge is 0.269 e. The summed E-state index contributed by atoms with van der Waals surface area (Å²) in [6.45, 7) is 0.134. The first-order valence-corrected chi connectivity index (χ1v) is 7.70. The predicted octanol–water partition coefficient (Wildman–Crippen LogP) is 1.04. The van der Waals surface area contributed by atoms with Crippen molar-refractivity contribution in [2.24, 2.45) is 0 Å². The Kier molecular flexibility index (Phi) is 3.87. The van der Waals surface area contributed by atoms with Gasteiger partial charge in [0.25, 0.3) is 5.91 Å². The average Bonchev–Trinajstić information content (AvgIpc) is 2.65. The van der Waals surface area contributed by atoms with Gasteiger partial charge in [-0.15, -0.1) is 0 Å². The molecule has 0 bridgehead atoms. The lowest BCUT2D eigenvalue weighted by atomic mass is 10.2. The zero-order valence-electron chi connectivity index (χ0n) is 9.60. The van der Waals surface area contributed by atoms with Crippen LogP contribution in [0.15, 0.2) is 18.3 Å². The summed E-state index contributed by atoms with van der Waals surface area (Å²) in [7, 11) is -3.03. The number of halogens is 1. The molecule has 1 aliphatic rings. The van der Waals surface area contributed by atoms with Crippen LogP contribution in [0.1, 0.15) is 23.3 Å². The van der Waals surface area contributed by atoms with E-state index in [9.17, 15) is 13.2 Å². The van der Waals surface area contributed by atoms with Gasteiger partial charge in [-0.2, -0.15) is 0 Å². The van der Waals surface area contributed by atoms with E-state index in [-0.39, 0.29) is 18.0 Å². The number of hydrogen-bond donors (Lipinski definition) is 1. The van der Waals surface area contributed by atoms with Crippen LogP contribution < -0.4 is 5.32 Å². The van der Waals surface area contributed by atoms with Crippen LogP contribution in [0, 0.1) is 0 Å². The molecule has 1 saturated heterocycles. The van der Waals surface area contributed by atoms with E-state index in [2.05, 4.69) is 10.3 Å². The maximum atomic E-state index is 11.7. The molecule has 7 heteroatoms. The molecule has 98 valence electrons. The monoisotopic (exact) mass is 288 g/mol. The SMILES string of the molecule is O=C(NCC1CCCS1(=O)=O)c1cc(Cl)ccn1. The number of pyridine rings is 1. The van der Waals surface area contributed by atoms with Gasteiger partial charge in [-0.3, -0.25) is 9.78 Å². The van der Waals surface area contributed by atoms with E-state index < -0.39 is 21.0 Å². The van der Waals surface area contributed by atoms with Crippen molar-refractivity contribution in [2.45, 2.75) is 18.1 Å². The Labute approximate surface area is 110 Å². The molecule has 0 saturated carbocycles. The van der Waals surface area contributed by atoms with Crippen LogP contribution in [0.25, 0.3) is 0 Å². The van der Waals surface area contributed by atoms with Crippen LogP contribution >= 0.6 is 11.6 Å². The second-order valence-electron chi connectivity index (χ2n) is 4.20. The van der Waals surface area contributed by atoms with Crippen LogP contribution in [0.5, 0.6) is 0 Å². The number of aromatic nitrogens is 1. The number of carbonyl (C=O) groups excluding carboxylic acids is 1. The average molecular weight is 289 g/mol. The summed E-state index contributed by atoms with van der Waals surface area (Å²) in [5.74, 6) is -0.192. The quantitative estimate of drug-likeness (QED) is 0.902. The Morgan fingerprint density at radius 1 is 1.56 bits per heavy atom. The molecule has 1 aromatic rings. The third-order valence-corrected chi connectivity index (χ3v) is 5.42. The number of nitrogens with one attached hydrogen (secondary N) is 1. The Bertz CT molecular complexity index is 559. The lowest BCUT2D eigenvalue weighted by Gasteiger charge is -2.10. The number of carbonyl (C=O) groups is 1. The normalized spacial score (nSPS) is 21.7. The van der Waals surface area contributed by atoms with Gasteiger partial charge in [-0.1, -0.05) is 11.6 Å². The molecule has 0 aromatic carbocycles. The minimum atomic E-state index is -3.03. The number of amides is 1. The van der Waals surface area contributed by atoms with Gasteiger partial charge in [0.2, 0.25) is 0 Å². The second kappa shape index (κ2) is 5.24. The van der Waals surface area contributed by atoms with Crippen LogP contribution in [0.3, 0.4) is 0 Å². The van der Waals surface area contributed by atoms with Gasteiger partial charge in [-0.05, 0) is 25.0 Å². The fraction of sp³-hybridized carbons (Fsp3) is 0.455. The molecule has 0 radical (unpaired) electrons. The molecule has 2 rings (SSSR count).